The Morgan fingerprint density at radius 1 is 1.08 bits per heavy atom. The fourth-order valence-electron chi connectivity index (χ4n) is 1.92. The number of para-hydroxylation sites is 2. The molecule has 1 aromatic carbocycles. The van der Waals surface area contributed by atoms with Crippen molar-refractivity contribution in [3.63, 3.8) is 0 Å². The molecule has 1 unspecified atom stereocenters. The van der Waals surface area contributed by atoms with Crippen LogP contribution in [0.5, 0.6) is 11.5 Å². The molecule has 0 aliphatic rings. The number of hydrogen-bond donors (Lipinski definition) is 2. The lowest BCUT2D eigenvalue weighted by atomic mass is 10.3. The first-order valence-electron chi connectivity index (χ1n) is 8.02. The summed E-state index contributed by atoms with van der Waals surface area (Å²) < 4.78 is 21.5. The summed E-state index contributed by atoms with van der Waals surface area (Å²) in [6.45, 7) is 5.06. The number of nitrogens with one attached hydrogen (secondary N) is 2. The van der Waals surface area contributed by atoms with Crippen molar-refractivity contribution in [3.8, 4) is 11.5 Å². The Balaban J connectivity index is 0.00000576. The van der Waals surface area contributed by atoms with Crippen LogP contribution in [0.1, 0.15) is 6.92 Å². The number of halogens is 1. The molecule has 0 fully saturated rings. The number of guanidine groups is 1. The van der Waals surface area contributed by atoms with E-state index in [0.29, 0.717) is 38.9 Å². The number of benzene rings is 1. The molecule has 7 nitrogen and oxygen atoms in total. The standard InChI is InChI=1S/C17H29N3O4.HI/c1-14(24-16-8-6-5-7-15(16)22-4)13-20-17(18-2)19-9-10-23-12-11-21-3;/h5-8,14H,9-13H2,1-4H3,(H2,18,19,20);1H. The molecule has 1 rings (SSSR count). The largest absolute Gasteiger partial charge is 0.493 e. The van der Waals surface area contributed by atoms with Crippen LogP contribution < -0.4 is 20.1 Å². The van der Waals surface area contributed by atoms with Gasteiger partial charge in [0, 0.05) is 20.7 Å². The Morgan fingerprint density at radius 3 is 2.44 bits per heavy atom. The number of aliphatic imine (C=N–C) groups is 1. The van der Waals surface area contributed by atoms with Gasteiger partial charge in [-0.2, -0.15) is 0 Å². The lowest BCUT2D eigenvalue weighted by Crippen LogP contribution is -2.42. The Labute approximate surface area is 167 Å². The number of nitrogens with zero attached hydrogens (tertiary/aromatic N) is 1. The number of ether oxygens (including phenoxy) is 4. The third-order valence-electron chi connectivity index (χ3n) is 3.15. The van der Waals surface area contributed by atoms with Gasteiger partial charge < -0.3 is 29.6 Å². The molecule has 0 bridgehead atoms. The molecule has 0 aromatic heterocycles. The molecule has 144 valence electrons. The number of methoxy groups -OCH3 is 2. The van der Waals surface area contributed by atoms with Gasteiger partial charge in [0.2, 0.25) is 0 Å². The lowest BCUT2D eigenvalue weighted by molar-refractivity contribution is 0.0733. The summed E-state index contributed by atoms with van der Waals surface area (Å²) in [5, 5.41) is 6.40. The van der Waals surface area contributed by atoms with Crippen molar-refractivity contribution in [2.24, 2.45) is 4.99 Å². The SMILES string of the molecule is CN=C(NCCOCCOC)NCC(C)Oc1ccccc1OC.I. The van der Waals surface area contributed by atoms with Crippen molar-refractivity contribution >= 4 is 29.9 Å². The maximum atomic E-state index is 5.89. The van der Waals surface area contributed by atoms with Gasteiger partial charge in [0.1, 0.15) is 6.10 Å². The van der Waals surface area contributed by atoms with Crippen molar-refractivity contribution in [3.05, 3.63) is 24.3 Å². The van der Waals surface area contributed by atoms with E-state index in [1.807, 2.05) is 31.2 Å². The highest BCUT2D eigenvalue weighted by Crippen LogP contribution is 2.26. The normalized spacial score (nSPS) is 12.1. The van der Waals surface area contributed by atoms with Crippen LogP contribution in [-0.2, 0) is 9.47 Å². The van der Waals surface area contributed by atoms with Crippen LogP contribution in [0.25, 0.3) is 0 Å². The van der Waals surface area contributed by atoms with Gasteiger partial charge in [-0.1, -0.05) is 12.1 Å². The molecule has 1 aromatic rings. The number of hydrogen-bond acceptors (Lipinski definition) is 5. The monoisotopic (exact) mass is 467 g/mol. The summed E-state index contributed by atoms with van der Waals surface area (Å²) in [5.74, 6) is 2.16. The van der Waals surface area contributed by atoms with Crippen molar-refractivity contribution in [1.29, 1.82) is 0 Å². The van der Waals surface area contributed by atoms with Gasteiger partial charge in [0.15, 0.2) is 17.5 Å². The van der Waals surface area contributed by atoms with E-state index >= 15 is 0 Å². The van der Waals surface area contributed by atoms with Gasteiger partial charge in [-0.3, -0.25) is 4.99 Å². The van der Waals surface area contributed by atoms with E-state index in [0.717, 1.165) is 11.5 Å². The van der Waals surface area contributed by atoms with E-state index in [2.05, 4.69) is 15.6 Å². The minimum Gasteiger partial charge on any atom is -0.493 e. The van der Waals surface area contributed by atoms with Crippen LogP contribution in [0.15, 0.2) is 29.3 Å². The van der Waals surface area contributed by atoms with Crippen LogP contribution in [0.4, 0.5) is 0 Å². The van der Waals surface area contributed by atoms with E-state index in [1.165, 1.54) is 0 Å². The summed E-state index contributed by atoms with van der Waals surface area (Å²) in [6, 6.07) is 7.59. The zero-order valence-electron chi connectivity index (χ0n) is 15.4. The minimum atomic E-state index is -0.0437. The fraction of sp³-hybridized carbons (Fsp3) is 0.588. The van der Waals surface area contributed by atoms with Crippen LogP contribution >= 0.6 is 24.0 Å². The lowest BCUT2D eigenvalue weighted by Gasteiger charge is -2.19. The summed E-state index contributed by atoms with van der Waals surface area (Å²) in [5.41, 5.74) is 0. The zero-order chi connectivity index (χ0) is 17.6. The second kappa shape index (κ2) is 15.0. The van der Waals surface area contributed by atoms with E-state index in [4.69, 9.17) is 18.9 Å². The van der Waals surface area contributed by atoms with Crippen molar-refractivity contribution in [1.82, 2.24) is 10.6 Å². The Kier molecular flexibility index (Phi) is 14.3. The molecular formula is C17H30IN3O4. The van der Waals surface area contributed by atoms with Gasteiger partial charge in [-0.25, -0.2) is 0 Å². The Bertz CT molecular complexity index is 489. The first-order valence-corrected chi connectivity index (χ1v) is 8.02. The summed E-state index contributed by atoms with van der Waals surface area (Å²) in [4.78, 5) is 4.17. The van der Waals surface area contributed by atoms with Crippen LogP contribution in [0, 0.1) is 0 Å². The molecule has 0 saturated heterocycles. The van der Waals surface area contributed by atoms with Crippen molar-refractivity contribution < 1.29 is 18.9 Å². The van der Waals surface area contributed by atoms with Gasteiger partial charge in [-0.05, 0) is 19.1 Å². The summed E-state index contributed by atoms with van der Waals surface area (Å²) in [6.07, 6.45) is -0.0437. The quantitative estimate of drug-likeness (QED) is 0.224. The Hall–Kier alpha value is -1.26. The molecule has 8 heteroatoms. The predicted molar refractivity (Wildman–Crippen MR) is 111 cm³/mol. The first-order chi connectivity index (χ1) is 11.7. The van der Waals surface area contributed by atoms with Crippen molar-refractivity contribution in [2.45, 2.75) is 13.0 Å². The van der Waals surface area contributed by atoms with Crippen LogP contribution in [0.3, 0.4) is 0 Å². The topological polar surface area (TPSA) is 73.3 Å². The molecule has 2 N–H and O–H groups in total. The van der Waals surface area contributed by atoms with E-state index in [9.17, 15) is 0 Å². The molecule has 0 spiro atoms. The van der Waals surface area contributed by atoms with Gasteiger partial charge >= 0.3 is 0 Å². The van der Waals surface area contributed by atoms with E-state index in [-0.39, 0.29) is 30.1 Å². The average Bonchev–Trinajstić information content (AvgIpc) is 2.61. The van der Waals surface area contributed by atoms with Crippen LogP contribution in [0.2, 0.25) is 0 Å². The molecule has 0 radical (unpaired) electrons. The van der Waals surface area contributed by atoms with Gasteiger partial charge in [0.25, 0.3) is 0 Å². The summed E-state index contributed by atoms with van der Waals surface area (Å²) in [7, 11) is 5.01. The average molecular weight is 467 g/mol. The van der Waals surface area contributed by atoms with E-state index < -0.39 is 0 Å². The third kappa shape index (κ3) is 10.4. The van der Waals surface area contributed by atoms with Crippen LogP contribution in [-0.4, -0.2) is 66.2 Å². The Morgan fingerprint density at radius 2 is 1.80 bits per heavy atom. The maximum absolute atomic E-state index is 5.89. The summed E-state index contributed by atoms with van der Waals surface area (Å²) >= 11 is 0. The maximum Gasteiger partial charge on any atom is 0.191 e. The molecule has 0 heterocycles. The zero-order valence-corrected chi connectivity index (χ0v) is 17.7. The number of rotatable bonds is 11. The molecule has 0 aliphatic heterocycles. The third-order valence-corrected chi connectivity index (χ3v) is 3.15. The molecule has 0 saturated carbocycles. The predicted octanol–water partition coefficient (Wildman–Crippen LogP) is 1.91. The van der Waals surface area contributed by atoms with E-state index in [1.54, 1.807) is 21.3 Å². The minimum absolute atomic E-state index is 0. The smallest absolute Gasteiger partial charge is 0.191 e. The molecule has 0 aliphatic carbocycles. The highest BCUT2D eigenvalue weighted by molar-refractivity contribution is 14.0. The van der Waals surface area contributed by atoms with Gasteiger partial charge in [0.05, 0.1) is 33.5 Å². The van der Waals surface area contributed by atoms with Gasteiger partial charge in [-0.15, -0.1) is 24.0 Å². The fourth-order valence-corrected chi connectivity index (χ4v) is 1.92. The molecular weight excluding hydrogens is 437 g/mol. The first kappa shape index (κ1) is 23.7. The van der Waals surface area contributed by atoms with Crippen molar-refractivity contribution in [2.75, 3.05) is 54.2 Å². The second-order valence-electron chi connectivity index (χ2n) is 5.06. The highest BCUT2D eigenvalue weighted by Gasteiger charge is 2.09. The molecule has 25 heavy (non-hydrogen) atoms. The highest BCUT2D eigenvalue weighted by atomic mass is 127. The molecule has 0 amide bonds. The second-order valence-corrected chi connectivity index (χ2v) is 5.06. The molecule has 1 atom stereocenters.